The normalized spacial score (nSPS) is 12.3. The van der Waals surface area contributed by atoms with Crippen molar-refractivity contribution in [2.45, 2.75) is 38.9 Å². The summed E-state index contributed by atoms with van der Waals surface area (Å²) in [6.07, 6.45) is -0.722. The zero-order valence-electron chi connectivity index (χ0n) is 19.1. The SMILES string of the molecule is CC(C)(C)OC(=O)N(CCc1ccc(-c2ccccc2Cl)cc1)C[C@H](O)c1cccc(Cl)c1. The molecule has 3 aromatic rings. The van der Waals surface area contributed by atoms with E-state index in [0.717, 1.165) is 16.7 Å². The Hall–Kier alpha value is -2.53. The van der Waals surface area contributed by atoms with Crippen molar-refractivity contribution in [2.75, 3.05) is 13.1 Å². The van der Waals surface area contributed by atoms with Crippen LogP contribution < -0.4 is 0 Å². The zero-order chi connectivity index (χ0) is 24.0. The zero-order valence-corrected chi connectivity index (χ0v) is 20.6. The Balaban J connectivity index is 1.71. The van der Waals surface area contributed by atoms with Crippen molar-refractivity contribution in [3.05, 3.63) is 94.0 Å². The minimum absolute atomic E-state index is 0.104. The first-order chi connectivity index (χ1) is 15.6. The lowest BCUT2D eigenvalue weighted by Gasteiger charge is -2.29. The fourth-order valence-corrected chi connectivity index (χ4v) is 3.87. The van der Waals surface area contributed by atoms with Crippen LogP contribution in [0, 0.1) is 0 Å². The van der Waals surface area contributed by atoms with Crippen molar-refractivity contribution in [3.8, 4) is 11.1 Å². The van der Waals surface area contributed by atoms with Gasteiger partial charge in [-0.2, -0.15) is 0 Å². The van der Waals surface area contributed by atoms with Crippen LogP contribution in [0.1, 0.15) is 38.0 Å². The van der Waals surface area contributed by atoms with E-state index < -0.39 is 17.8 Å². The molecule has 0 bridgehead atoms. The summed E-state index contributed by atoms with van der Waals surface area (Å²) in [7, 11) is 0. The van der Waals surface area contributed by atoms with Gasteiger partial charge in [-0.1, -0.05) is 77.8 Å². The monoisotopic (exact) mass is 485 g/mol. The summed E-state index contributed by atoms with van der Waals surface area (Å²) >= 11 is 12.4. The van der Waals surface area contributed by atoms with Crippen molar-refractivity contribution in [3.63, 3.8) is 0 Å². The molecule has 6 heteroatoms. The first-order valence-corrected chi connectivity index (χ1v) is 11.6. The maximum Gasteiger partial charge on any atom is 0.410 e. The van der Waals surface area contributed by atoms with Gasteiger partial charge in [-0.3, -0.25) is 0 Å². The largest absolute Gasteiger partial charge is 0.444 e. The molecule has 0 heterocycles. The lowest BCUT2D eigenvalue weighted by atomic mass is 10.0. The van der Waals surface area contributed by atoms with E-state index in [9.17, 15) is 9.90 Å². The van der Waals surface area contributed by atoms with Crippen LogP contribution in [-0.2, 0) is 11.2 Å². The Kier molecular flexibility index (Phi) is 8.41. The van der Waals surface area contributed by atoms with Gasteiger partial charge in [-0.05, 0) is 62.1 Å². The molecule has 1 atom stereocenters. The molecule has 0 aromatic heterocycles. The van der Waals surface area contributed by atoms with Crippen molar-refractivity contribution in [1.29, 1.82) is 0 Å². The smallest absolute Gasteiger partial charge is 0.410 e. The predicted octanol–water partition coefficient (Wildman–Crippen LogP) is 7.17. The highest BCUT2D eigenvalue weighted by atomic mass is 35.5. The van der Waals surface area contributed by atoms with Gasteiger partial charge in [0.2, 0.25) is 0 Å². The average molecular weight is 486 g/mol. The van der Waals surface area contributed by atoms with Crippen LogP contribution in [0.3, 0.4) is 0 Å². The number of aliphatic hydroxyl groups is 1. The van der Waals surface area contributed by atoms with Gasteiger partial charge in [-0.15, -0.1) is 0 Å². The summed E-state index contributed by atoms with van der Waals surface area (Å²) < 4.78 is 5.57. The van der Waals surface area contributed by atoms with Gasteiger partial charge >= 0.3 is 6.09 Å². The molecule has 0 aliphatic heterocycles. The Morgan fingerprint density at radius 2 is 1.70 bits per heavy atom. The van der Waals surface area contributed by atoms with Crippen LogP contribution in [0.15, 0.2) is 72.8 Å². The molecule has 0 saturated carbocycles. The number of hydrogen-bond acceptors (Lipinski definition) is 3. The molecule has 4 nitrogen and oxygen atoms in total. The predicted molar refractivity (Wildman–Crippen MR) is 135 cm³/mol. The second kappa shape index (κ2) is 11.1. The molecule has 33 heavy (non-hydrogen) atoms. The number of nitrogens with zero attached hydrogens (tertiary/aromatic N) is 1. The molecular weight excluding hydrogens is 457 g/mol. The topological polar surface area (TPSA) is 49.8 Å². The molecule has 0 saturated heterocycles. The van der Waals surface area contributed by atoms with Gasteiger partial charge in [0.25, 0.3) is 0 Å². The van der Waals surface area contributed by atoms with Crippen molar-refractivity contribution in [1.82, 2.24) is 4.90 Å². The number of hydrogen-bond donors (Lipinski definition) is 1. The van der Waals surface area contributed by atoms with E-state index in [4.69, 9.17) is 27.9 Å². The maximum absolute atomic E-state index is 12.8. The van der Waals surface area contributed by atoms with Gasteiger partial charge in [0.1, 0.15) is 5.60 Å². The van der Waals surface area contributed by atoms with Crippen LogP contribution in [0.2, 0.25) is 10.0 Å². The molecule has 0 fully saturated rings. The molecule has 3 rings (SSSR count). The lowest BCUT2D eigenvalue weighted by Crippen LogP contribution is -2.40. The van der Waals surface area contributed by atoms with E-state index >= 15 is 0 Å². The highest BCUT2D eigenvalue weighted by Crippen LogP contribution is 2.28. The minimum atomic E-state index is -0.876. The lowest BCUT2D eigenvalue weighted by molar-refractivity contribution is 0.0147. The van der Waals surface area contributed by atoms with Gasteiger partial charge in [-0.25, -0.2) is 4.79 Å². The minimum Gasteiger partial charge on any atom is -0.444 e. The second-order valence-electron chi connectivity index (χ2n) is 8.92. The number of aliphatic hydroxyl groups excluding tert-OH is 1. The molecule has 3 aromatic carbocycles. The van der Waals surface area contributed by atoms with Crippen LogP contribution in [0.5, 0.6) is 0 Å². The first kappa shape index (κ1) is 25.1. The van der Waals surface area contributed by atoms with E-state index in [-0.39, 0.29) is 6.54 Å². The van der Waals surface area contributed by atoms with E-state index in [1.165, 1.54) is 0 Å². The summed E-state index contributed by atoms with van der Waals surface area (Å²) in [5, 5.41) is 12.0. The van der Waals surface area contributed by atoms with Gasteiger partial charge in [0.05, 0.1) is 12.6 Å². The number of carbonyl (C=O) groups is 1. The Morgan fingerprint density at radius 3 is 2.33 bits per heavy atom. The van der Waals surface area contributed by atoms with E-state index in [2.05, 4.69) is 0 Å². The second-order valence-corrected chi connectivity index (χ2v) is 9.77. The summed E-state index contributed by atoms with van der Waals surface area (Å²) in [6, 6.07) is 22.8. The van der Waals surface area contributed by atoms with Crippen LogP contribution >= 0.6 is 23.2 Å². The molecule has 0 aliphatic rings. The van der Waals surface area contributed by atoms with Crippen molar-refractivity contribution in [2.24, 2.45) is 0 Å². The van der Waals surface area contributed by atoms with Gasteiger partial charge in [0.15, 0.2) is 0 Å². The van der Waals surface area contributed by atoms with Crippen molar-refractivity contribution < 1.29 is 14.6 Å². The van der Waals surface area contributed by atoms with Gasteiger partial charge < -0.3 is 14.7 Å². The van der Waals surface area contributed by atoms with Gasteiger partial charge in [0, 0.05) is 22.2 Å². The average Bonchev–Trinajstić information content (AvgIpc) is 2.76. The summed E-state index contributed by atoms with van der Waals surface area (Å²) in [4.78, 5) is 14.4. The summed E-state index contributed by atoms with van der Waals surface area (Å²) in [5.74, 6) is 0. The van der Waals surface area contributed by atoms with E-state index in [1.54, 1.807) is 29.2 Å². The molecular formula is C27H29Cl2NO3. The highest BCUT2D eigenvalue weighted by Gasteiger charge is 2.24. The number of halogens is 2. The third kappa shape index (κ3) is 7.50. The Morgan fingerprint density at radius 1 is 1.00 bits per heavy atom. The Labute approximate surface area is 205 Å². The first-order valence-electron chi connectivity index (χ1n) is 10.9. The fourth-order valence-electron chi connectivity index (χ4n) is 3.42. The number of amides is 1. The molecule has 0 unspecified atom stereocenters. The summed E-state index contributed by atoms with van der Waals surface area (Å²) in [5.41, 5.74) is 3.10. The molecule has 0 spiro atoms. The van der Waals surface area contributed by atoms with E-state index in [0.29, 0.717) is 28.6 Å². The molecule has 174 valence electrons. The van der Waals surface area contributed by atoms with Crippen LogP contribution in [-0.4, -0.2) is 34.8 Å². The molecule has 0 radical (unpaired) electrons. The number of benzene rings is 3. The highest BCUT2D eigenvalue weighted by molar-refractivity contribution is 6.33. The van der Waals surface area contributed by atoms with Crippen LogP contribution in [0.4, 0.5) is 4.79 Å². The summed E-state index contributed by atoms with van der Waals surface area (Å²) in [6.45, 7) is 5.97. The standard InChI is InChI=1S/C27H29Cl2NO3/c1-27(2,3)33-26(32)30(18-25(31)21-7-6-8-22(28)17-21)16-15-19-11-13-20(14-12-19)23-9-4-5-10-24(23)29/h4-14,17,25,31H,15-16,18H2,1-3H3/t25-/m0/s1. The third-order valence-corrected chi connectivity index (χ3v) is 5.65. The number of rotatable bonds is 7. The molecule has 1 amide bonds. The fraction of sp³-hybridized carbons (Fsp3) is 0.296. The number of carbonyl (C=O) groups excluding carboxylic acids is 1. The molecule has 1 N–H and O–H groups in total. The third-order valence-electron chi connectivity index (χ3n) is 5.09. The maximum atomic E-state index is 12.8. The Bertz CT molecular complexity index is 1080. The number of ether oxygens (including phenoxy) is 1. The van der Waals surface area contributed by atoms with Crippen LogP contribution in [0.25, 0.3) is 11.1 Å². The van der Waals surface area contributed by atoms with E-state index in [1.807, 2.05) is 69.3 Å². The van der Waals surface area contributed by atoms with Crippen molar-refractivity contribution >= 4 is 29.3 Å². The molecule has 0 aliphatic carbocycles. The quantitative estimate of drug-likeness (QED) is 0.385.